The number of halogens is 1. The molecule has 0 bridgehead atoms. The number of hydrogen-bond acceptors (Lipinski definition) is 3. The van der Waals surface area contributed by atoms with Gasteiger partial charge in [0.1, 0.15) is 0 Å². The lowest BCUT2D eigenvalue weighted by molar-refractivity contribution is 0.182. The molecule has 0 heterocycles. The Morgan fingerprint density at radius 2 is 2.17 bits per heavy atom. The zero-order valence-electron chi connectivity index (χ0n) is 11.7. The second-order valence-electron chi connectivity index (χ2n) is 4.41. The fraction of sp³-hybridized carbons (Fsp3) is 0.571. The number of nitrogens with one attached hydrogen (secondary N) is 1. The molecule has 0 aliphatic rings. The highest BCUT2D eigenvalue weighted by Crippen LogP contribution is 2.28. The molecule has 0 aliphatic heterocycles. The molecule has 0 amide bonds. The predicted molar refractivity (Wildman–Crippen MR) is 81.3 cm³/mol. The highest BCUT2D eigenvalue weighted by atomic mass is 79.9. The van der Waals surface area contributed by atoms with E-state index in [4.69, 9.17) is 4.74 Å². The highest BCUT2D eigenvalue weighted by Gasteiger charge is 2.15. The summed E-state index contributed by atoms with van der Waals surface area (Å²) in [6.45, 7) is 6.94. The van der Waals surface area contributed by atoms with E-state index in [9.17, 15) is 0 Å². The molecule has 0 fully saturated rings. The molecular weight excluding hydrogens is 292 g/mol. The Morgan fingerprint density at radius 3 is 2.67 bits per heavy atom. The number of rotatable bonds is 7. The van der Waals surface area contributed by atoms with E-state index in [1.165, 1.54) is 11.3 Å². The van der Waals surface area contributed by atoms with Crippen molar-refractivity contribution in [2.75, 3.05) is 32.2 Å². The van der Waals surface area contributed by atoms with Gasteiger partial charge in [-0.2, -0.15) is 0 Å². The van der Waals surface area contributed by atoms with Gasteiger partial charge in [0.25, 0.3) is 0 Å². The summed E-state index contributed by atoms with van der Waals surface area (Å²) in [5, 5.41) is 3.16. The van der Waals surface area contributed by atoms with Crippen LogP contribution in [0.1, 0.15) is 19.4 Å². The largest absolute Gasteiger partial charge is 0.383 e. The van der Waals surface area contributed by atoms with Gasteiger partial charge in [-0.05, 0) is 54.5 Å². The fourth-order valence-corrected chi connectivity index (χ4v) is 2.80. The van der Waals surface area contributed by atoms with Gasteiger partial charge in [0.15, 0.2) is 0 Å². The topological polar surface area (TPSA) is 24.5 Å². The Hall–Kier alpha value is -0.580. The molecule has 3 nitrogen and oxygen atoms in total. The number of nitrogens with zero attached hydrogens (tertiary/aromatic N) is 1. The number of benzene rings is 1. The van der Waals surface area contributed by atoms with E-state index in [-0.39, 0.29) is 0 Å². The summed E-state index contributed by atoms with van der Waals surface area (Å²) in [6.07, 6.45) is 0. The van der Waals surface area contributed by atoms with Gasteiger partial charge in [0.2, 0.25) is 0 Å². The first kappa shape index (κ1) is 15.5. The second kappa shape index (κ2) is 7.77. The van der Waals surface area contributed by atoms with E-state index in [2.05, 4.69) is 58.2 Å². The minimum Gasteiger partial charge on any atom is -0.383 e. The summed E-state index contributed by atoms with van der Waals surface area (Å²) in [5.41, 5.74) is 2.51. The van der Waals surface area contributed by atoms with E-state index in [1.54, 1.807) is 7.11 Å². The van der Waals surface area contributed by atoms with Crippen molar-refractivity contribution in [2.24, 2.45) is 0 Å². The maximum absolute atomic E-state index is 5.24. The van der Waals surface area contributed by atoms with Crippen LogP contribution in [0.4, 0.5) is 5.69 Å². The Morgan fingerprint density at radius 1 is 1.44 bits per heavy atom. The van der Waals surface area contributed by atoms with E-state index >= 15 is 0 Å². The molecule has 1 unspecified atom stereocenters. The number of anilines is 1. The molecule has 4 heteroatoms. The summed E-state index contributed by atoms with van der Waals surface area (Å²) in [7, 11) is 3.70. The first-order valence-electron chi connectivity index (χ1n) is 6.32. The molecule has 0 saturated heterocycles. The third kappa shape index (κ3) is 3.97. The fourth-order valence-electron chi connectivity index (χ4n) is 2.15. The molecule has 1 rings (SSSR count). The third-order valence-corrected chi connectivity index (χ3v) is 3.62. The zero-order valence-corrected chi connectivity index (χ0v) is 13.3. The molecule has 0 spiro atoms. The SMILES string of the molecule is CCN(c1ccc(CNC)cc1Br)C(C)COC. The molecule has 0 aromatic heterocycles. The van der Waals surface area contributed by atoms with Crippen LogP contribution in [0.2, 0.25) is 0 Å². The summed E-state index contributed by atoms with van der Waals surface area (Å²) in [4.78, 5) is 2.34. The second-order valence-corrected chi connectivity index (χ2v) is 5.26. The average molecular weight is 315 g/mol. The summed E-state index contributed by atoms with van der Waals surface area (Å²) in [5.74, 6) is 0. The number of methoxy groups -OCH3 is 1. The van der Waals surface area contributed by atoms with Crippen LogP contribution in [0.3, 0.4) is 0 Å². The van der Waals surface area contributed by atoms with Crippen molar-refractivity contribution in [3.05, 3.63) is 28.2 Å². The van der Waals surface area contributed by atoms with Crippen LogP contribution in [0.25, 0.3) is 0 Å². The van der Waals surface area contributed by atoms with Crippen LogP contribution < -0.4 is 10.2 Å². The van der Waals surface area contributed by atoms with Gasteiger partial charge in [-0.15, -0.1) is 0 Å². The molecule has 1 aromatic rings. The molecule has 0 aliphatic carbocycles. The molecular formula is C14H23BrN2O. The first-order valence-corrected chi connectivity index (χ1v) is 7.11. The first-order chi connectivity index (χ1) is 8.63. The Bertz CT molecular complexity index is 371. The molecule has 1 atom stereocenters. The van der Waals surface area contributed by atoms with Crippen molar-refractivity contribution in [3.63, 3.8) is 0 Å². The highest BCUT2D eigenvalue weighted by molar-refractivity contribution is 9.10. The average Bonchev–Trinajstić information content (AvgIpc) is 2.33. The van der Waals surface area contributed by atoms with Crippen LogP contribution in [0.15, 0.2) is 22.7 Å². The Balaban J connectivity index is 2.92. The van der Waals surface area contributed by atoms with Gasteiger partial charge in [-0.25, -0.2) is 0 Å². The van der Waals surface area contributed by atoms with Crippen molar-refractivity contribution in [1.29, 1.82) is 0 Å². The number of ether oxygens (including phenoxy) is 1. The monoisotopic (exact) mass is 314 g/mol. The van der Waals surface area contributed by atoms with Crippen molar-refractivity contribution in [2.45, 2.75) is 26.4 Å². The summed E-state index contributed by atoms with van der Waals surface area (Å²) >= 11 is 3.67. The van der Waals surface area contributed by atoms with Crippen LogP contribution in [-0.4, -0.2) is 33.4 Å². The maximum Gasteiger partial charge on any atom is 0.0663 e. The lowest BCUT2D eigenvalue weighted by Gasteiger charge is -2.30. The van der Waals surface area contributed by atoms with Crippen LogP contribution in [0.5, 0.6) is 0 Å². The van der Waals surface area contributed by atoms with Gasteiger partial charge < -0.3 is 15.0 Å². The third-order valence-electron chi connectivity index (χ3n) is 2.98. The van der Waals surface area contributed by atoms with Crippen LogP contribution in [-0.2, 0) is 11.3 Å². The minimum atomic E-state index is 0.367. The van der Waals surface area contributed by atoms with Crippen molar-refractivity contribution in [1.82, 2.24) is 5.32 Å². The minimum absolute atomic E-state index is 0.367. The van der Waals surface area contributed by atoms with Crippen molar-refractivity contribution < 1.29 is 4.74 Å². The Labute approximate surface area is 119 Å². The smallest absolute Gasteiger partial charge is 0.0663 e. The zero-order chi connectivity index (χ0) is 13.5. The molecule has 18 heavy (non-hydrogen) atoms. The predicted octanol–water partition coefficient (Wildman–Crippen LogP) is 3.03. The normalized spacial score (nSPS) is 12.5. The van der Waals surface area contributed by atoms with Gasteiger partial charge in [-0.1, -0.05) is 6.07 Å². The molecule has 1 aromatic carbocycles. The number of hydrogen-bond donors (Lipinski definition) is 1. The van der Waals surface area contributed by atoms with Gasteiger partial charge in [0, 0.05) is 30.7 Å². The quantitative estimate of drug-likeness (QED) is 0.837. The lowest BCUT2D eigenvalue weighted by Crippen LogP contribution is -2.36. The van der Waals surface area contributed by atoms with Crippen LogP contribution >= 0.6 is 15.9 Å². The van der Waals surface area contributed by atoms with Crippen molar-refractivity contribution in [3.8, 4) is 0 Å². The van der Waals surface area contributed by atoms with E-state index in [1.807, 2.05) is 7.05 Å². The maximum atomic E-state index is 5.24. The standard InChI is InChI=1S/C14H23BrN2O/c1-5-17(11(2)10-18-4)14-7-6-12(9-16-3)8-13(14)15/h6-8,11,16H,5,9-10H2,1-4H3. The molecule has 0 radical (unpaired) electrons. The number of likely N-dealkylation sites (N-methyl/N-ethyl adjacent to an activating group) is 1. The molecule has 0 saturated carbocycles. The van der Waals surface area contributed by atoms with E-state index in [0.717, 1.165) is 24.2 Å². The summed E-state index contributed by atoms with van der Waals surface area (Å²) in [6, 6.07) is 6.88. The van der Waals surface area contributed by atoms with Gasteiger partial charge in [-0.3, -0.25) is 0 Å². The van der Waals surface area contributed by atoms with Gasteiger partial charge in [0.05, 0.1) is 12.3 Å². The van der Waals surface area contributed by atoms with Gasteiger partial charge >= 0.3 is 0 Å². The van der Waals surface area contributed by atoms with E-state index < -0.39 is 0 Å². The van der Waals surface area contributed by atoms with Crippen LogP contribution in [0, 0.1) is 0 Å². The summed E-state index contributed by atoms with van der Waals surface area (Å²) < 4.78 is 6.38. The lowest BCUT2D eigenvalue weighted by atomic mass is 10.1. The Kier molecular flexibility index (Phi) is 6.68. The molecule has 102 valence electrons. The van der Waals surface area contributed by atoms with Crippen molar-refractivity contribution >= 4 is 21.6 Å². The van der Waals surface area contributed by atoms with E-state index in [0.29, 0.717) is 6.04 Å². The molecule has 1 N–H and O–H groups in total.